The van der Waals surface area contributed by atoms with Gasteiger partial charge in [-0.2, -0.15) is 0 Å². The Hall–Kier alpha value is -0.870. The molecule has 100 valence electrons. The van der Waals surface area contributed by atoms with Gasteiger partial charge in [-0.05, 0) is 51.7 Å². The van der Waals surface area contributed by atoms with E-state index >= 15 is 0 Å². The molecule has 0 atom stereocenters. The number of nitrogens with zero attached hydrogens (tertiary/aromatic N) is 3. The highest BCUT2D eigenvalue weighted by atomic mass is 15.1. The van der Waals surface area contributed by atoms with Crippen LogP contribution in [0.3, 0.4) is 0 Å². The van der Waals surface area contributed by atoms with Crippen LogP contribution in [0.15, 0.2) is 12.5 Å². The third kappa shape index (κ3) is 3.56. The van der Waals surface area contributed by atoms with Crippen molar-refractivity contribution >= 4 is 0 Å². The molecule has 0 spiro atoms. The summed E-state index contributed by atoms with van der Waals surface area (Å²) in [5, 5.41) is 3.50. The van der Waals surface area contributed by atoms with Gasteiger partial charge in [0, 0.05) is 25.3 Å². The average molecular weight is 248 g/mol. The van der Waals surface area contributed by atoms with Crippen LogP contribution in [-0.2, 0) is 13.1 Å². The lowest BCUT2D eigenvalue weighted by Gasteiger charge is -2.13. The van der Waals surface area contributed by atoms with Crippen molar-refractivity contribution in [3.05, 3.63) is 18.2 Å². The van der Waals surface area contributed by atoms with Crippen LogP contribution in [-0.4, -0.2) is 40.1 Å². The van der Waals surface area contributed by atoms with Gasteiger partial charge in [-0.3, -0.25) is 0 Å². The summed E-state index contributed by atoms with van der Waals surface area (Å²) in [5.74, 6) is 0. The summed E-state index contributed by atoms with van der Waals surface area (Å²) in [6.45, 7) is 5.89. The van der Waals surface area contributed by atoms with Crippen LogP contribution in [0.5, 0.6) is 0 Å². The molecule has 1 saturated carbocycles. The van der Waals surface area contributed by atoms with E-state index < -0.39 is 0 Å². The third-order valence-electron chi connectivity index (χ3n) is 3.93. The molecule has 1 aliphatic heterocycles. The maximum absolute atomic E-state index is 4.45. The molecule has 2 fully saturated rings. The Labute approximate surface area is 109 Å². The highest BCUT2D eigenvalue weighted by Gasteiger charge is 2.20. The second kappa shape index (κ2) is 5.85. The first-order chi connectivity index (χ1) is 8.90. The smallest absolute Gasteiger partial charge is 0.0949 e. The first-order valence-electron chi connectivity index (χ1n) is 7.36. The lowest BCUT2D eigenvalue weighted by molar-refractivity contribution is 0.325. The van der Waals surface area contributed by atoms with Crippen molar-refractivity contribution in [2.75, 3.05) is 19.6 Å². The fourth-order valence-electron chi connectivity index (χ4n) is 2.64. The molecule has 4 heteroatoms. The van der Waals surface area contributed by atoms with Crippen LogP contribution in [0.2, 0.25) is 0 Å². The van der Waals surface area contributed by atoms with E-state index in [1.54, 1.807) is 0 Å². The molecule has 0 aromatic carbocycles. The molecule has 1 aliphatic carbocycles. The topological polar surface area (TPSA) is 33.1 Å². The molecule has 1 aromatic heterocycles. The van der Waals surface area contributed by atoms with E-state index in [9.17, 15) is 0 Å². The Bertz CT molecular complexity index is 364. The summed E-state index contributed by atoms with van der Waals surface area (Å²) >= 11 is 0. The van der Waals surface area contributed by atoms with Crippen molar-refractivity contribution in [2.45, 2.75) is 51.2 Å². The Morgan fingerprint density at radius 3 is 2.83 bits per heavy atom. The zero-order valence-electron chi connectivity index (χ0n) is 11.1. The van der Waals surface area contributed by atoms with Gasteiger partial charge in [-0.1, -0.05) is 0 Å². The molecular formula is C14H24N4. The van der Waals surface area contributed by atoms with Crippen molar-refractivity contribution in [1.82, 2.24) is 19.8 Å². The maximum Gasteiger partial charge on any atom is 0.0949 e. The van der Waals surface area contributed by atoms with Gasteiger partial charge in [0.15, 0.2) is 0 Å². The molecule has 0 bridgehead atoms. The molecule has 0 amide bonds. The number of rotatable bonds is 7. The van der Waals surface area contributed by atoms with E-state index in [2.05, 4.69) is 26.0 Å². The summed E-state index contributed by atoms with van der Waals surface area (Å²) in [6, 6.07) is 0.769. The number of aryl methyl sites for hydroxylation is 1. The van der Waals surface area contributed by atoms with Crippen LogP contribution >= 0.6 is 0 Å². The van der Waals surface area contributed by atoms with E-state index in [1.807, 2.05) is 6.33 Å². The fourth-order valence-corrected chi connectivity index (χ4v) is 2.64. The van der Waals surface area contributed by atoms with Crippen molar-refractivity contribution in [1.29, 1.82) is 0 Å². The van der Waals surface area contributed by atoms with Gasteiger partial charge in [0.25, 0.3) is 0 Å². The Kier molecular flexibility index (Phi) is 3.96. The average Bonchev–Trinajstić information content (AvgIpc) is 2.89. The quantitative estimate of drug-likeness (QED) is 0.796. The van der Waals surface area contributed by atoms with Gasteiger partial charge >= 0.3 is 0 Å². The summed E-state index contributed by atoms with van der Waals surface area (Å²) < 4.78 is 2.24. The predicted molar refractivity (Wildman–Crippen MR) is 72.4 cm³/mol. The van der Waals surface area contributed by atoms with Crippen LogP contribution in [0, 0.1) is 0 Å². The molecule has 18 heavy (non-hydrogen) atoms. The van der Waals surface area contributed by atoms with Crippen molar-refractivity contribution in [3.8, 4) is 0 Å². The second-order valence-electron chi connectivity index (χ2n) is 5.66. The van der Waals surface area contributed by atoms with Crippen molar-refractivity contribution in [2.24, 2.45) is 0 Å². The monoisotopic (exact) mass is 248 g/mol. The number of aromatic nitrogens is 2. The molecule has 0 unspecified atom stereocenters. The van der Waals surface area contributed by atoms with Gasteiger partial charge in [0.05, 0.1) is 12.0 Å². The van der Waals surface area contributed by atoms with Crippen LogP contribution in [0.25, 0.3) is 0 Å². The van der Waals surface area contributed by atoms with Crippen LogP contribution < -0.4 is 5.32 Å². The van der Waals surface area contributed by atoms with E-state index in [4.69, 9.17) is 0 Å². The van der Waals surface area contributed by atoms with E-state index in [-0.39, 0.29) is 0 Å². The zero-order valence-corrected chi connectivity index (χ0v) is 11.1. The number of imidazole rings is 1. The van der Waals surface area contributed by atoms with Crippen LogP contribution in [0.1, 0.15) is 37.8 Å². The molecule has 0 radical (unpaired) electrons. The van der Waals surface area contributed by atoms with E-state index in [0.717, 1.165) is 19.1 Å². The largest absolute Gasteiger partial charge is 0.337 e. The van der Waals surface area contributed by atoms with Crippen LogP contribution in [0.4, 0.5) is 0 Å². The zero-order chi connectivity index (χ0) is 12.2. The number of nitrogens with one attached hydrogen (secondary N) is 1. The molecule has 3 rings (SSSR count). The molecule has 4 nitrogen and oxygen atoms in total. The molecule has 2 heterocycles. The first kappa shape index (κ1) is 12.2. The first-order valence-corrected chi connectivity index (χ1v) is 7.36. The van der Waals surface area contributed by atoms with Crippen molar-refractivity contribution in [3.63, 3.8) is 0 Å². The van der Waals surface area contributed by atoms with Gasteiger partial charge in [-0.25, -0.2) is 4.98 Å². The SMILES string of the molecule is c1nc(CNC2CC2)cn1CCCN1CCCC1. The van der Waals surface area contributed by atoms with Gasteiger partial charge in [0.2, 0.25) is 0 Å². The van der Waals surface area contributed by atoms with Gasteiger partial charge < -0.3 is 14.8 Å². The summed E-state index contributed by atoms with van der Waals surface area (Å²) in [6.07, 6.45) is 10.9. The number of hydrogen-bond acceptors (Lipinski definition) is 3. The Morgan fingerprint density at radius 1 is 1.22 bits per heavy atom. The summed E-state index contributed by atoms with van der Waals surface area (Å²) in [5.41, 5.74) is 1.18. The van der Waals surface area contributed by atoms with Crippen molar-refractivity contribution < 1.29 is 0 Å². The lowest BCUT2D eigenvalue weighted by atomic mass is 10.4. The Balaban J connectivity index is 1.36. The standard InChI is InChI=1S/C14H24N4/c1-2-7-17(6-1)8-3-9-18-11-14(16-12-18)10-15-13-4-5-13/h11-13,15H,1-10H2. The minimum atomic E-state index is 0.769. The summed E-state index contributed by atoms with van der Waals surface area (Å²) in [7, 11) is 0. The molecular weight excluding hydrogens is 224 g/mol. The van der Waals surface area contributed by atoms with E-state index in [1.165, 1.54) is 57.4 Å². The number of hydrogen-bond donors (Lipinski definition) is 1. The minimum Gasteiger partial charge on any atom is -0.337 e. The lowest BCUT2D eigenvalue weighted by Crippen LogP contribution is -2.21. The third-order valence-corrected chi connectivity index (χ3v) is 3.93. The predicted octanol–water partition coefficient (Wildman–Crippen LogP) is 1.62. The highest BCUT2D eigenvalue weighted by Crippen LogP contribution is 2.19. The van der Waals surface area contributed by atoms with Gasteiger partial charge in [0.1, 0.15) is 0 Å². The Morgan fingerprint density at radius 2 is 2.06 bits per heavy atom. The fraction of sp³-hybridized carbons (Fsp3) is 0.786. The van der Waals surface area contributed by atoms with E-state index in [0.29, 0.717) is 0 Å². The molecule has 1 aromatic rings. The number of likely N-dealkylation sites (tertiary alicyclic amines) is 1. The van der Waals surface area contributed by atoms with Gasteiger partial charge in [-0.15, -0.1) is 0 Å². The minimum absolute atomic E-state index is 0.769. The highest BCUT2D eigenvalue weighted by molar-refractivity contribution is 4.97. The second-order valence-corrected chi connectivity index (χ2v) is 5.66. The maximum atomic E-state index is 4.45. The molecule has 1 N–H and O–H groups in total. The molecule has 1 saturated heterocycles. The molecule has 2 aliphatic rings. The summed E-state index contributed by atoms with van der Waals surface area (Å²) in [4.78, 5) is 7.03. The normalized spacial score (nSPS) is 20.7.